The maximum atomic E-state index is 10.8. The molecule has 0 aliphatic rings. The van der Waals surface area contributed by atoms with Gasteiger partial charge in [-0.15, -0.1) is 6.58 Å². The van der Waals surface area contributed by atoms with E-state index >= 15 is 0 Å². The van der Waals surface area contributed by atoms with Gasteiger partial charge in [-0.3, -0.25) is 0 Å². The van der Waals surface area contributed by atoms with Crippen LogP contribution in [0.4, 0.5) is 0 Å². The van der Waals surface area contributed by atoms with Gasteiger partial charge in [-0.2, -0.15) is 0 Å². The molecule has 0 saturated heterocycles. The van der Waals surface area contributed by atoms with Gasteiger partial charge < -0.3 is 9.84 Å². The minimum absolute atomic E-state index is 0.277. The zero-order valence-corrected chi connectivity index (χ0v) is 6.96. The summed E-state index contributed by atoms with van der Waals surface area (Å²) in [6.07, 6.45) is -0.772. The number of rotatable bonds is 4. The van der Waals surface area contributed by atoms with Gasteiger partial charge in [-0.25, -0.2) is 4.79 Å². The first kappa shape index (κ1) is 10.2. The van der Waals surface area contributed by atoms with Crippen molar-refractivity contribution in [1.29, 1.82) is 0 Å². The lowest BCUT2D eigenvalue weighted by Crippen LogP contribution is -2.22. The molecule has 11 heavy (non-hydrogen) atoms. The number of aliphatic hydroxyl groups is 1. The van der Waals surface area contributed by atoms with Crippen molar-refractivity contribution in [3.63, 3.8) is 0 Å². The Morgan fingerprint density at radius 3 is 2.64 bits per heavy atom. The van der Waals surface area contributed by atoms with Crippen LogP contribution in [0.15, 0.2) is 12.2 Å². The van der Waals surface area contributed by atoms with Gasteiger partial charge >= 0.3 is 5.97 Å². The van der Waals surface area contributed by atoms with Crippen molar-refractivity contribution in [3.05, 3.63) is 12.2 Å². The predicted molar refractivity (Wildman–Crippen MR) is 42.1 cm³/mol. The molecule has 0 heterocycles. The van der Waals surface area contributed by atoms with E-state index in [1.807, 2.05) is 0 Å². The quantitative estimate of drug-likeness (QED) is 0.488. The second kappa shape index (κ2) is 4.91. The number of hydrogen-bond donors (Lipinski definition) is 1. The molecule has 0 aliphatic heterocycles. The molecule has 1 atom stereocenters. The Labute approximate surface area is 66.7 Å². The number of aliphatic hydroxyl groups excluding tert-OH is 1. The van der Waals surface area contributed by atoms with E-state index in [-0.39, 0.29) is 6.42 Å². The van der Waals surface area contributed by atoms with Crippen LogP contribution in [0.1, 0.15) is 20.3 Å². The minimum atomic E-state index is -1.05. The first-order chi connectivity index (χ1) is 5.07. The van der Waals surface area contributed by atoms with Crippen LogP contribution < -0.4 is 0 Å². The van der Waals surface area contributed by atoms with E-state index in [9.17, 15) is 4.79 Å². The highest BCUT2D eigenvalue weighted by atomic mass is 16.5. The van der Waals surface area contributed by atoms with Crippen LogP contribution in [-0.2, 0) is 9.53 Å². The summed E-state index contributed by atoms with van der Waals surface area (Å²) >= 11 is 0. The van der Waals surface area contributed by atoms with E-state index in [4.69, 9.17) is 5.11 Å². The number of ether oxygens (including phenoxy) is 1. The monoisotopic (exact) mass is 158 g/mol. The highest BCUT2D eigenvalue weighted by Crippen LogP contribution is 2.02. The molecule has 64 valence electrons. The van der Waals surface area contributed by atoms with Crippen molar-refractivity contribution in [3.8, 4) is 0 Å². The molecule has 1 N–H and O–H groups in total. The number of esters is 1. The third-order valence-corrected chi connectivity index (χ3v) is 1.10. The third kappa shape index (κ3) is 4.56. The van der Waals surface area contributed by atoms with Gasteiger partial charge in [0.1, 0.15) is 0 Å². The van der Waals surface area contributed by atoms with Crippen molar-refractivity contribution < 1.29 is 14.6 Å². The first-order valence-corrected chi connectivity index (χ1v) is 3.57. The zero-order valence-electron chi connectivity index (χ0n) is 6.96. The van der Waals surface area contributed by atoms with Crippen LogP contribution in [0, 0.1) is 0 Å². The normalized spacial score (nSPS) is 12.3. The Balaban J connectivity index is 3.73. The minimum Gasteiger partial charge on any atom is -0.464 e. The summed E-state index contributed by atoms with van der Waals surface area (Å²) in [5, 5.41) is 9.08. The molecule has 0 bridgehead atoms. The average Bonchev–Trinajstić information content (AvgIpc) is 1.86. The van der Waals surface area contributed by atoms with Crippen LogP contribution >= 0.6 is 0 Å². The van der Waals surface area contributed by atoms with Gasteiger partial charge in [-0.1, -0.05) is 5.57 Å². The van der Waals surface area contributed by atoms with Gasteiger partial charge in [-0.05, 0) is 13.8 Å². The van der Waals surface area contributed by atoms with Crippen LogP contribution in [0.5, 0.6) is 0 Å². The Morgan fingerprint density at radius 2 is 2.27 bits per heavy atom. The second-order valence-corrected chi connectivity index (χ2v) is 2.43. The predicted octanol–water partition coefficient (Wildman–Crippen LogP) is 0.877. The lowest BCUT2D eigenvalue weighted by atomic mass is 10.1. The highest BCUT2D eigenvalue weighted by molar-refractivity contribution is 5.74. The standard InChI is InChI=1S/C8H14O3/c1-4-11-8(10)7(9)5-6(2)3/h7,9H,2,4-5H2,1,3H3/t7-/m0/s1. The van der Waals surface area contributed by atoms with Crippen molar-refractivity contribution >= 4 is 5.97 Å². The number of carbonyl (C=O) groups is 1. The topological polar surface area (TPSA) is 46.5 Å². The third-order valence-electron chi connectivity index (χ3n) is 1.10. The molecule has 0 aromatic rings. The van der Waals surface area contributed by atoms with E-state index in [1.54, 1.807) is 13.8 Å². The fraction of sp³-hybridized carbons (Fsp3) is 0.625. The molecule has 0 amide bonds. The van der Waals surface area contributed by atoms with Gasteiger partial charge in [0.2, 0.25) is 0 Å². The first-order valence-electron chi connectivity index (χ1n) is 3.57. The fourth-order valence-corrected chi connectivity index (χ4v) is 0.652. The highest BCUT2D eigenvalue weighted by Gasteiger charge is 2.15. The lowest BCUT2D eigenvalue weighted by Gasteiger charge is -2.08. The molecule has 0 rings (SSSR count). The second-order valence-electron chi connectivity index (χ2n) is 2.43. The molecule has 0 aromatic carbocycles. The molecule has 0 spiro atoms. The van der Waals surface area contributed by atoms with Crippen LogP contribution in [0.2, 0.25) is 0 Å². The van der Waals surface area contributed by atoms with Crippen LogP contribution in [0.25, 0.3) is 0 Å². The maximum absolute atomic E-state index is 10.8. The summed E-state index contributed by atoms with van der Waals surface area (Å²) in [6, 6.07) is 0. The van der Waals surface area contributed by atoms with Crippen molar-refractivity contribution in [2.24, 2.45) is 0 Å². The van der Waals surface area contributed by atoms with Crippen molar-refractivity contribution in [2.45, 2.75) is 26.4 Å². The molecule has 0 fully saturated rings. The molecule has 3 nitrogen and oxygen atoms in total. The Morgan fingerprint density at radius 1 is 1.73 bits per heavy atom. The van der Waals surface area contributed by atoms with Crippen molar-refractivity contribution in [2.75, 3.05) is 6.61 Å². The molecule has 3 heteroatoms. The van der Waals surface area contributed by atoms with Gasteiger partial charge in [0, 0.05) is 6.42 Å². The largest absolute Gasteiger partial charge is 0.464 e. The van der Waals surface area contributed by atoms with E-state index in [1.165, 1.54) is 0 Å². The maximum Gasteiger partial charge on any atom is 0.335 e. The Bertz CT molecular complexity index is 151. The molecule has 0 saturated carbocycles. The number of carbonyl (C=O) groups excluding carboxylic acids is 1. The molecular weight excluding hydrogens is 144 g/mol. The molecule has 0 aliphatic carbocycles. The van der Waals surface area contributed by atoms with E-state index < -0.39 is 12.1 Å². The summed E-state index contributed by atoms with van der Waals surface area (Å²) in [5.74, 6) is -0.574. The Kier molecular flexibility index (Phi) is 4.54. The SMILES string of the molecule is C=C(C)C[C@H](O)C(=O)OCC. The van der Waals surface area contributed by atoms with Gasteiger partial charge in [0.25, 0.3) is 0 Å². The smallest absolute Gasteiger partial charge is 0.335 e. The fourth-order valence-electron chi connectivity index (χ4n) is 0.652. The van der Waals surface area contributed by atoms with Crippen molar-refractivity contribution in [1.82, 2.24) is 0 Å². The van der Waals surface area contributed by atoms with E-state index in [0.717, 1.165) is 5.57 Å². The summed E-state index contributed by atoms with van der Waals surface area (Å²) in [6.45, 7) is 7.32. The van der Waals surface area contributed by atoms with Gasteiger partial charge in [0.05, 0.1) is 6.61 Å². The average molecular weight is 158 g/mol. The zero-order chi connectivity index (χ0) is 8.85. The summed E-state index contributed by atoms with van der Waals surface area (Å²) < 4.78 is 4.57. The lowest BCUT2D eigenvalue weighted by molar-refractivity contribution is -0.152. The number of hydrogen-bond acceptors (Lipinski definition) is 3. The van der Waals surface area contributed by atoms with E-state index in [0.29, 0.717) is 6.61 Å². The summed E-state index contributed by atoms with van der Waals surface area (Å²) in [4.78, 5) is 10.8. The Hall–Kier alpha value is -0.830. The summed E-state index contributed by atoms with van der Waals surface area (Å²) in [7, 11) is 0. The van der Waals surface area contributed by atoms with Crippen LogP contribution in [-0.4, -0.2) is 23.8 Å². The molecule has 0 radical (unpaired) electrons. The molecule has 0 aromatic heterocycles. The molecular formula is C8H14O3. The summed E-state index contributed by atoms with van der Waals surface area (Å²) in [5.41, 5.74) is 0.769. The molecule has 0 unspecified atom stereocenters. The van der Waals surface area contributed by atoms with E-state index in [2.05, 4.69) is 11.3 Å². The van der Waals surface area contributed by atoms with Crippen LogP contribution in [0.3, 0.4) is 0 Å². The van der Waals surface area contributed by atoms with Gasteiger partial charge in [0.15, 0.2) is 6.10 Å².